The van der Waals surface area contributed by atoms with E-state index < -0.39 is 10.0 Å². The van der Waals surface area contributed by atoms with Gasteiger partial charge in [-0.15, -0.1) is 0 Å². The van der Waals surface area contributed by atoms with E-state index in [9.17, 15) is 8.42 Å². The predicted molar refractivity (Wildman–Crippen MR) is 66.8 cm³/mol. The second-order valence-electron chi connectivity index (χ2n) is 4.94. The average Bonchev–Trinajstić information content (AvgIpc) is 2.90. The number of nitrogens with one attached hydrogen (secondary N) is 1. The Morgan fingerprint density at radius 1 is 1.44 bits per heavy atom. The molecular formula is C11H18N4O2S. The second-order valence-corrected chi connectivity index (χ2v) is 6.77. The van der Waals surface area contributed by atoms with E-state index in [1.807, 2.05) is 11.5 Å². The van der Waals surface area contributed by atoms with Gasteiger partial charge in [0.2, 0.25) is 0 Å². The van der Waals surface area contributed by atoms with Crippen LogP contribution < -0.4 is 5.32 Å². The van der Waals surface area contributed by atoms with Gasteiger partial charge in [0, 0.05) is 38.6 Å². The van der Waals surface area contributed by atoms with Crippen molar-refractivity contribution >= 4 is 10.0 Å². The van der Waals surface area contributed by atoms with E-state index in [4.69, 9.17) is 0 Å². The number of hydrogen-bond acceptors (Lipinski definition) is 4. The Morgan fingerprint density at radius 2 is 2.28 bits per heavy atom. The molecular weight excluding hydrogens is 252 g/mol. The van der Waals surface area contributed by atoms with Crippen LogP contribution >= 0.6 is 0 Å². The summed E-state index contributed by atoms with van der Waals surface area (Å²) < 4.78 is 28.8. The van der Waals surface area contributed by atoms with E-state index in [0.717, 1.165) is 25.2 Å². The van der Waals surface area contributed by atoms with Crippen molar-refractivity contribution in [2.24, 2.45) is 0 Å². The topological polar surface area (TPSA) is 67.2 Å². The first-order chi connectivity index (χ1) is 8.60. The van der Waals surface area contributed by atoms with Gasteiger partial charge in [-0.05, 0) is 13.3 Å². The third-order valence-electron chi connectivity index (χ3n) is 3.70. The fraction of sp³-hybridized carbons (Fsp3) is 0.727. The summed E-state index contributed by atoms with van der Waals surface area (Å²) in [6.07, 6.45) is 3.38. The molecule has 1 N–H and O–H groups in total. The third-order valence-corrected chi connectivity index (χ3v) is 5.71. The molecule has 0 radical (unpaired) electrons. The van der Waals surface area contributed by atoms with Crippen LogP contribution in [0.5, 0.6) is 0 Å². The molecule has 2 aliphatic rings. The number of rotatable bonds is 2. The number of nitrogens with zero attached hydrogens (tertiary/aromatic N) is 3. The molecule has 2 aliphatic heterocycles. The highest BCUT2D eigenvalue weighted by Gasteiger charge is 2.34. The van der Waals surface area contributed by atoms with Crippen molar-refractivity contribution in [3.8, 4) is 0 Å². The van der Waals surface area contributed by atoms with Gasteiger partial charge < -0.3 is 9.88 Å². The summed E-state index contributed by atoms with van der Waals surface area (Å²) in [5.74, 6) is 0.899. The Hall–Kier alpha value is -0.920. The van der Waals surface area contributed by atoms with Crippen LogP contribution in [0.25, 0.3) is 0 Å². The van der Waals surface area contributed by atoms with Crippen molar-refractivity contribution in [3.05, 3.63) is 12.0 Å². The van der Waals surface area contributed by atoms with Crippen molar-refractivity contribution < 1.29 is 8.42 Å². The summed E-state index contributed by atoms with van der Waals surface area (Å²) in [4.78, 5) is 4.22. The summed E-state index contributed by atoms with van der Waals surface area (Å²) in [5, 5.41) is 3.57. The molecule has 7 heteroatoms. The maximum absolute atomic E-state index is 12.7. The Bertz CT molecular complexity index is 551. The molecule has 0 amide bonds. The summed E-state index contributed by atoms with van der Waals surface area (Å²) in [5.41, 5.74) is 0. The number of sulfonamides is 1. The minimum Gasteiger partial charge on any atom is -0.318 e. The molecule has 1 aromatic heterocycles. The fourth-order valence-corrected chi connectivity index (χ4v) is 4.52. The van der Waals surface area contributed by atoms with Crippen LogP contribution in [0.3, 0.4) is 0 Å². The highest BCUT2D eigenvalue weighted by molar-refractivity contribution is 7.89. The van der Waals surface area contributed by atoms with Gasteiger partial charge in [0.15, 0.2) is 5.03 Å². The van der Waals surface area contributed by atoms with Crippen LogP contribution in [0.2, 0.25) is 0 Å². The molecule has 0 unspecified atom stereocenters. The number of fused-ring (bicyclic) bond motifs is 1. The minimum atomic E-state index is -3.40. The largest absolute Gasteiger partial charge is 0.318 e. The zero-order valence-electron chi connectivity index (χ0n) is 10.5. The average molecular weight is 270 g/mol. The molecule has 1 saturated heterocycles. The molecule has 0 spiro atoms. The van der Waals surface area contributed by atoms with E-state index in [2.05, 4.69) is 10.3 Å². The van der Waals surface area contributed by atoms with Gasteiger partial charge in [-0.2, -0.15) is 4.31 Å². The lowest BCUT2D eigenvalue weighted by molar-refractivity contribution is 0.282. The number of hydrogen-bond donors (Lipinski definition) is 1. The number of piperazine rings is 1. The van der Waals surface area contributed by atoms with Gasteiger partial charge in [-0.1, -0.05) is 0 Å². The van der Waals surface area contributed by atoms with E-state index in [1.54, 1.807) is 4.31 Å². The van der Waals surface area contributed by atoms with E-state index in [0.29, 0.717) is 24.7 Å². The predicted octanol–water partition coefficient (Wildman–Crippen LogP) is -0.188. The van der Waals surface area contributed by atoms with Crippen molar-refractivity contribution in [3.63, 3.8) is 0 Å². The van der Waals surface area contributed by atoms with Crippen LogP contribution in [0.1, 0.15) is 19.2 Å². The molecule has 18 heavy (non-hydrogen) atoms. The van der Waals surface area contributed by atoms with Gasteiger partial charge in [0.05, 0.1) is 6.20 Å². The standard InChI is InChI=1S/C11H18N4O2S/c1-9-7-12-4-6-15(9)18(16,17)11-8-13-10-3-2-5-14(10)11/h8-9,12H,2-7H2,1H3/t9-/m0/s1. The molecule has 0 saturated carbocycles. The lowest BCUT2D eigenvalue weighted by Crippen LogP contribution is -2.52. The molecule has 6 nitrogen and oxygen atoms in total. The van der Waals surface area contributed by atoms with Crippen molar-refractivity contribution in [1.82, 2.24) is 19.2 Å². The van der Waals surface area contributed by atoms with Crippen LogP contribution in [0.15, 0.2) is 11.2 Å². The summed E-state index contributed by atoms with van der Waals surface area (Å²) in [6.45, 7) is 4.66. The minimum absolute atomic E-state index is 0.00342. The Balaban J connectivity index is 1.98. The number of imidazole rings is 1. The lowest BCUT2D eigenvalue weighted by Gasteiger charge is -2.32. The molecule has 100 valence electrons. The Morgan fingerprint density at radius 3 is 3.06 bits per heavy atom. The molecule has 3 heterocycles. The highest BCUT2D eigenvalue weighted by Crippen LogP contribution is 2.24. The van der Waals surface area contributed by atoms with Crippen molar-refractivity contribution in [2.45, 2.75) is 37.4 Å². The third kappa shape index (κ3) is 1.77. The van der Waals surface area contributed by atoms with Gasteiger partial charge in [0.1, 0.15) is 5.82 Å². The summed E-state index contributed by atoms with van der Waals surface area (Å²) in [7, 11) is -3.40. The zero-order chi connectivity index (χ0) is 12.8. The van der Waals surface area contributed by atoms with Crippen LogP contribution in [0.4, 0.5) is 0 Å². The molecule has 0 bridgehead atoms. The zero-order valence-corrected chi connectivity index (χ0v) is 11.3. The normalized spacial score (nSPS) is 25.3. The number of aryl methyl sites for hydroxylation is 1. The first kappa shape index (κ1) is 12.1. The van der Waals surface area contributed by atoms with Gasteiger partial charge in [-0.3, -0.25) is 0 Å². The van der Waals surface area contributed by atoms with Crippen LogP contribution in [-0.2, 0) is 23.0 Å². The molecule has 1 aromatic rings. The first-order valence-electron chi connectivity index (χ1n) is 6.37. The first-order valence-corrected chi connectivity index (χ1v) is 7.81. The smallest absolute Gasteiger partial charge is 0.260 e. The van der Waals surface area contributed by atoms with E-state index in [1.165, 1.54) is 6.20 Å². The molecule has 1 fully saturated rings. The maximum atomic E-state index is 12.7. The fourth-order valence-electron chi connectivity index (χ4n) is 2.74. The lowest BCUT2D eigenvalue weighted by atomic mass is 10.3. The monoisotopic (exact) mass is 270 g/mol. The molecule has 1 atom stereocenters. The van der Waals surface area contributed by atoms with Crippen LogP contribution in [-0.4, -0.2) is 48.0 Å². The van der Waals surface area contributed by atoms with Crippen molar-refractivity contribution in [2.75, 3.05) is 19.6 Å². The highest BCUT2D eigenvalue weighted by atomic mass is 32.2. The van der Waals surface area contributed by atoms with Gasteiger partial charge in [0.25, 0.3) is 10.0 Å². The molecule has 0 aromatic carbocycles. The maximum Gasteiger partial charge on any atom is 0.260 e. The Labute approximate surface area is 107 Å². The van der Waals surface area contributed by atoms with E-state index in [-0.39, 0.29) is 6.04 Å². The van der Waals surface area contributed by atoms with Gasteiger partial charge >= 0.3 is 0 Å². The SMILES string of the molecule is C[C@H]1CNCCN1S(=O)(=O)c1cnc2n1CCC2. The van der Waals surface area contributed by atoms with E-state index >= 15 is 0 Å². The van der Waals surface area contributed by atoms with Crippen molar-refractivity contribution in [1.29, 1.82) is 0 Å². The summed E-state index contributed by atoms with van der Waals surface area (Å²) >= 11 is 0. The molecule has 0 aliphatic carbocycles. The van der Waals surface area contributed by atoms with Crippen LogP contribution in [0, 0.1) is 0 Å². The molecule has 3 rings (SSSR count). The van der Waals surface area contributed by atoms with Gasteiger partial charge in [-0.25, -0.2) is 13.4 Å². The second kappa shape index (κ2) is 4.32. The summed E-state index contributed by atoms with van der Waals surface area (Å²) in [6, 6.07) is -0.00342. The quantitative estimate of drug-likeness (QED) is 0.809. The Kier molecular flexibility index (Phi) is 2.91. The number of aromatic nitrogens is 2.